The van der Waals surface area contributed by atoms with Crippen molar-refractivity contribution in [2.24, 2.45) is 7.05 Å². The van der Waals surface area contributed by atoms with Crippen LogP contribution in [0.25, 0.3) is 11.5 Å². The van der Waals surface area contributed by atoms with Gasteiger partial charge in [0.25, 0.3) is 0 Å². The maximum atomic E-state index is 11.7. The summed E-state index contributed by atoms with van der Waals surface area (Å²) < 4.78 is 12.1. The SMILES string of the molecule is Cn1cccc1-c1noc(CNC(=O)OCc2ccccc2)n1. The summed E-state index contributed by atoms with van der Waals surface area (Å²) >= 11 is 0. The van der Waals surface area contributed by atoms with E-state index in [9.17, 15) is 4.79 Å². The van der Waals surface area contributed by atoms with E-state index < -0.39 is 6.09 Å². The highest BCUT2D eigenvalue weighted by atomic mass is 16.5. The molecule has 1 aromatic carbocycles. The minimum atomic E-state index is -0.535. The van der Waals surface area contributed by atoms with Crippen molar-refractivity contribution in [3.8, 4) is 11.5 Å². The molecule has 118 valence electrons. The van der Waals surface area contributed by atoms with Crippen LogP contribution < -0.4 is 5.32 Å². The molecule has 0 atom stereocenters. The molecule has 23 heavy (non-hydrogen) atoms. The Morgan fingerprint density at radius 2 is 2.09 bits per heavy atom. The van der Waals surface area contributed by atoms with Gasteiger partial charge in [0.15, 0.2) is 0 Å². The Bertz CT molecular complexity index is 779. The molecule has 0 aliphatic rings. The standard InChI is InChI=1S/C16H16N4O3/c1-20-9-5-8-13(20)15-18-14(23-19-15)10-17-16(21)22-11-12-6-3-2-4-7-12/h2-9H,10-11H2,1H3,(H,17,21). The van der Waals surface area contributed by atoms with Crippen LogP contribution in [0, 0.1) is 0 Å². The van der Waals surface area contributed by atoms with Crippen LogP contribution in [0.15, 0.2) is 53.2 Å². The number of aryl methyl sites for hydroxylation is 1. The summed E-state index contributed by atoms with van der Waals surface area (Å²) in [6.07, 6.45) is 1.36. The van der Waals surface area contributed by atoms with Crippen molar-refractivity contribution in [1.29, 1.82) is 0 Å². The number of amides is 1. The van der Waals surface area contributed by atoms with Crippen molar-refractivity contribution >= 4 is 6.09 Å². The molecule has 3 aromatic rings. The minimum Gasteiger partial charge on any atom is -0.445 e. The monoisotopic (exact) mass is 312 g/mol. The molecule has 3 rings (SSSR count). The molecule has 0 spiro atoms. The summed E-state index contributed by atoms with van der Waals surface area (Å²) in [6, 6.07) is 13.2. The van der Waals surface area contributed by atoms with E-state index >= 15 is 0 Å². The van der Waals surface area contributed by atoms with Crippen LogP contribution in [0.5, 0.6) is 0 Å². The molecule has 7 nitrogen and oxygen atoms in total. The Balaban J connectivity index is 1.50. The number of hydrogen-bond acceptors (Lipinski definition) is 5. The molecule has 0 saturated heterocycles. The topological polar surface area (TPSA) is 82.2 Å². The van der Waals surface area contributed by atoms with Crippen LogP contribution in [0.2, 0.25) is 0 Å². The average molecular weight is 312 g/mol. The zero-order chi connectivity index (χ0) is 16.1. The lowest BCUT2D eigenvalue weighted by Crippen LogP contribution is -2.23. The summed E-state index contributed by atoms with van der Waals surface area (Å²) in [5, 5.41) is 6.47. The van der Waals surface area contributed by atoms with E-state index in [0.717, 1.165) is 11.3 Å². The van der Waals surface area contributed by atoms with Gasteiger partial charge in [-0.2, -0.15) is 4.98 Å². The summed E-state index contributed by atoms with van der Waals surface area (Å²) in [4.78, 5) is 15.9. The highest BCUT2D eigenvalue weighted by Crippen LogP contribution is 2.15. The van der Waals surface area contributed by atoms with E-state index in [1.165, 1.54) is 0 Å². The Kier molecular flexibility index (Phi) is 4.37. The number of carbonyl (C=O) groups excluding carboxylic acids is 1. The number of rotatable bonds is 5. The van der Waals surface area contributed by atoms with Gasteiger partial charge >= 0.3 is 6.09 Å². The van der Waals surface area contributed by atoms with Crippen LogP contribution in [-0.4, -0.2) is 20.8 Å². The highest BCUT2D eigenvalue weighted by molar-refractivity contribution is 5.67. The zero-order valence-corrected chi connectivity index (χ0v) is 12.6. The molecule has 0 fully saturated rings. The van der Waals surface area contributed by atoms with E-state index in [1.807, 2.05) is 60.3 Å². The molecule has 0 bridgehead atoms. The van der Waals surface area contributed by atoms with Gasteiger partial charge in [-0.05, 0) is 17.7 Å². The number of alkyl carbamates (subject to hydrolysis) is 1. The number of carbonyl (C=O) groups is 1. The van der Waals surface area contributed by atoms with E-state index in [4.69, 9.17) is 9.26 Å². The fourth-order valence-corrected chi connectivity index (χ4v) is 2.05. The van der Waals surface area contributed by atoms with E-state index in [-0.39, 0.29) is 13.2 Å². The molecule has 0 unspecified atom stereocenters. The first-order chi connectivity index (χ1) is 11.2. The summed E-state index contributed by atoms with van der Waals surface area (Å²) in [6.45, 7) is 0.330. The predicted molar refractivity (Wildman–Crippen MR) is 82.2 cm³/mol. The summed E-state index contributed by atoms with van der Waals surface area (Å²) in [7, 11) is 1.89. The van der Waals surface area contributed by atoms with E-state index in [1.54, 1.807) is 0 Å². The normalized spacial score (nSPS) is 10.5. The highest BCUT2D eigenvalue weighted by Gasteiger charge is 2.12. The lowest BCUT2D eigenvalue weighted by atomic mass is 10.2. The van der Waals surface area contributed by atoms with Crippen molar-refractivity contribution in [3.63, 3.8) is 0 Å². The maximum absolute atomic E-state index is 11.7. The second-order valence-corrected chi connectivity index (χ2v) is 4.93. The van der Waals surface area contributed by atoms with Crippen molar-refractivity contribution in [2.75, 3.05) is 0 Å². The third-order valence-electron chi connectivity index (χ3n) is 3.24. The number of aromatic nitrogens is 3. The van der Waals surface area contributed by atoms with Gasteiger partial charge in [-0.25, -0.2) is 4.79 Å². The van der Waals surface area contributed by atoms with Gasteiger partial charge in [-0.1, -0.05) is 35.5 Å². The molecule has 0 radical (unpaired) electrons. The van der Waals surface area contributed by atoms with Crippen LogP contribution in [0.3, 0.4) is 0 Å². The van der Waals surface area contributed by atoms with Crippen LogP contribution in [0.4, 0.5) is 4.79 Å². The molecule has 2 heterocycles. The minimum absolute atomic E-state index is 0.116. The van der Waals surface area contributed by atoms with Gasteiger partial charge in [0.1, 0.15) is 13.2 Å². The van der Waals surface area contributed by atoms with Crippen molar-refractivity contribution < 1.29 is 14.1 Å². The summed E-state index contributed by atoms with van der Waals surface area (Å²) in [5.74, 6) is 0.796. The fourth-order valence-electron chi connectivity index (χ4n) is 2.05. The smallest absolute Gasteiger partial charge is 0.407 e. The molecule has 0 aliphatic carbocycles. The van der Waals surface area contributed by atoms with Crippen LogP contribution >= 0.6 is 0 Å². The maximum Gasteiger partial charge on any atom is 0.407 e. The average Bonchev–Trinajstić information content (AvgIpc) is 3.20. The third kappa shape index (κ3) is 3.76. The fraction of sp³-hybridized carbons (Fsp3) is 0.188. The van der Waals surface area contributed by atoms with Gasteiger partial charge < -0.3 is 19.1 Å². The Labute approximate surface area is 132 Å². The van der Waals surface area contributed by atoms with Crippen molar-refractivity contribution in [1.82, 2.24) is 20.0 Å². The van der Waals surface area contributed by atoms with Gasteiger partial charge in [0.2, 0.25) is 11.7 Å². The molecule has 0 aliphatic heterocycles. The first-order valence-corrected chi connectivity index (χ1v) is 7.11. The first kappa shape index (κ1) is 14.8. The third-order valence-corrected chi connectivity index (χ3v) is 3.24. The Hall–Kier alpha value is -3.09. The Morgan fingerprint density at radius 3 is 2.83 bits per heavy atom. The quantitative estimate of drug-likeness (QED) is 0.782. The lowest BCUT2D eigenvalue weighted by molar-refractivity contribution is 0.138. The second-order valence-electron chi connectivity index (χ2n) is 4.93. The van der Waals surface area contributed by atoms with Crippen LogP contribution in [0.1, 0.15) is 11.5 Å². The second kappa shape index (κ2) is 6.78. The van der Waals surface area contributed by atoms with E-state index in [2.05, 4.69) is 15.5 Å². The predicted octanol–water partition coefficient (Wildman–Crippen LogP) is 2.50. The Morgan fingerprint density at radius 1 is 1.26 bits per heavy atom. The van der Waals surface area contributed by atoms with Crippen LogP contribution in [-0.2, 0) is 24.9 Å². The molecule has 7 heteroatoms. The number of hydrogen-bond donors (Lipinski definition) is 1. The zero-order valence-electron chi connectivity index (χ0n) is 12.6. The molecule has 1 amide bonds. The number of ether oxygens (including phenoxy) is 1. The van der Waals surface area contributed by atoms with Gasteiger partial charge in [0.05, 0.1) is 5.69 Å². The van der Waals surface area contributed by atoms with E-state index in [0.29, 0.717) is 11.7 Å². The summed E-state index contributed by atoms with van der Waals surface area (Å²) in [5.41, 5.74) is 1.76. The van der Waals surface area contributed by atoms with Crippen molar-refractivity contribution in [2.45, 2.75) is 13.2 Å². The molecule has 1 N–H and O–H groups in total. The number of nitrogens with one attached hydrogen (secondary N) is 1. The molecular weight excluding hydrogens is 296 g/mol. The largest absolute Gasteiger partial charge is 0.445 e. The van der Waals surface area contributed by atoms with Gasteiger partial charge in [-0.15, -0.1) is 0 Å². The van der Waals surface area contributed by atoms with Gasteiger partial charge in [-0.3, -0.25) is 0 Å². The first-order valence-electron chi connectivity index (χ1n) is 7.11. The molecule has 0 saturated carbocycles. The number of nitrogens with zero attached hydrogens (tertiary/aromatic N) is 3. The van der Waals surface area contributed by atoms with Gasteiger partial charge in [0, 0.05) is 13.2 Å². The van der Waals surface area contributed by atoms with Crippen molar-refractivity contribution in [3.05, 3.63) is 60.1 Å². The molecule has 2 aromatic heterocycles. The molecular formula is C16H16N4O3. The lowest BCUT2D eigenvalue weighted by Gasteiger charge is -2.05. The number of benzene rings is 1.